The van der Waals surface area contributed by atoms with E-state index >= 15 is 0 Å². The largest absolute Gasteiger partial charge is 0.469 e. The van der Waals surface area contributed by atoms with Gasteiger partial charge in [0.25, 0.3) is 5.91 Å². The van der Waals surface area contributed by atoms with Crippen molar-refractivity contribution in [3.8, 4) is 11.8 Å². The molecular formula is C16H16N2O2. The molecule has 0 saturated heterocycles. The van der Waals surface area contributed by atoms with Crippen LogP contribution in [0.1, 0.15) is 27.2 Å². The fourth-order valence-electron chi connectivity index (χ4n) is 1.83. The van der Waals surface area contributed by atoms with Gasteiger partial charge in [-0.05, 0) is 24.6 Å². The highest BCUT2D eigenvalue weighted by atomic mass is 16.3. The smallest absolute Gasteiger partial charge is 0.255 e. The molecule has 1 amide bonds. The van der Waals surface area contributed by atoms with Crippen LogP contribution in [0.5, 0.6) is 0 Å². The lowest BCUT2D eigenvalue weighted by atomic mass is 10.1. The van der Waals surface area contributed by atoms with Crippen molar-refractivity contribution in [1.29, 1.82) is 0 Å². The molecule has 0 atom stereocenters. The van der Waals surface area contributed by atoms with E-state index in [0.29, 0.717) is 24.4 Å². The van der Waals surface area contributed by atoms with Crippen molar-refractivity contribution in [2.45, 2.75) is 13.5 Å². The molecule has 102 valence electrons. The predicted molar refractivity (Wildman–Crippen MR) is 77.0 cm³/mol. The van der Waals surface area contributed by atoms with Crippen molar-refractivity contribution >= 4 is 5.91 Å². The van der Waals surface area contributed by atoms with Gasteiger partial charge in [0.2, 0.25) is 0 Å². The van der Waals surface area contributed by atoms with E-state index in [1.165, 1.54) is 6.26 Å². The Labute approximate surface area is 118 Å². The molecule has 0 aliphatic carbocycles. The van der Waals surface area contributed by atoms with Crippen molar-refractivity contribution < 1.29 is 9.21 Å². The minimum atomic E-state index is -0.155. The Hall–Kier alpha value is -2.51. The summed E-state index contributed by atoms with van der Waals surface area (Å²) in [7, 11) is 0. The summed E-state index contributed by atoms with van der Waals surface area (Å²) in [6, 6.07) is 9.32. The molecule has 1 aromatic heterocycles. The van der Waals surface area contributed by atoms with Gasteiger partial charge >= 0.3 is 0 Å². The van der Waals surface area contributed by atoms with Crippen molar-refractivity contribution in [3.63, 3.8) is 0 Å². The zero-order valence-corrected chi connectivity index (χ0v) is 11.3. The second-order valence-electron chi connectivity index (χ2n) is 4.24. The first kappa shape index (κ1) is 13.9. The Kier molecular flexibility index (Phi) is 4.59. The van der Waals surface area contributed by atoms with Gasteiger partial charge < -0.3 is 15.5 Å². The number of rotatable bonds is 3. The van der Waals surface area contributed by atoms with Crippen LogP contribution < -0.4 is 11.1 Å². The third-order valence-corrected chi connectivity index (χ3v) is 2.89. The Morgan fingerprint density at radius 2 is 2.15 bits per heavy atom. The van der Waals surface area contributed by atoms with E-state index in [2.05, 4.69) is 17.2 Å². The molecule has 0 unspecified atom stereocenters. The van der Waals surface area contributed by atoms with Crippen molar-refractivity contribution in [2.75, 3.05) is 6.54 Å². The minimum Gasteiger partial charge on any atom is -0.469 e. The molecule has 0 aliphatic heterocycles. The Balaban J connectivity index is 2.08. The molecule has 1 aromatic carbocycles. The quantitative estimate of drug-likeness (QED) is 0.834. The van der Waals surface area contributed by atoms with Crippen LogP contribution in [0.15, 0.2) is 41.0 Å². The van der Waals surface area contributed by atoms with Gasteiger partial charge in [-0.15, -0.1) is 0 Å². The summed E-state index contributed by atoms with van der Waals surface area (Å²) in [5, 5.41) is 2.86. The maximum Gasteiger partial charge on any atom is 0.255 e. The maximum atomic E-state index is 12.0. The normalized spacial score (nSPS) is 9.70. The van der Waals surface area contributed by atoms with Crippen LogP contribution in [0.25, 0.3) is 0 Å². The fourth-order valence-corrected chi connectivity index (χ4v) is 1.83. The SMILES string of the molecule is Cc1occc1C(=O)NCc1ccccc1C#CCN. The van der Waals surface area contributed by atoms with E-state index in [4.69, 9.17) is 10.2 Å². The van der Waals surface area contributed by atoms with E-state index in [1.807, 2.05) is 24.3 Å². The molecule has 0 bridgehead atoms. The molecular weight excluding hydrogens is 252 g/mol. The summed E-state index contributed by atoms with van der Waals surface area (Å²) in [6.07, 6.45) is 1.50. The molecule has 20 heavy (non-hydrogen) atoms. The molecule has 2 rings (SSSR count). The van der Waals surface area contributed by atoms with Gasteiger partial charge in [0.15, 0.2) is 0 Å². The van der Waals surface area contributed by atoms with Gasteiger partial charge in [0.1, 0.15) is 5.76 Å². The van der Waals surface area contributed by atoms with E-state index in [9.17, 15) is 4.79 Å². The predicted octanol–water partition coefficient (Wildman–Crippen LogP) is 1.83. The van der Waals surface area contributed by atoms with E-state index < -0.39 is 0 Å². The maximum absolute atomic E-state index is 12.0. The number of aryl methyl sites for hydroxylation is 1. The Morgan fingerprint density at radius 3 is 2.85 bits per heavy atom. The lowest BCUT2D eigenvalue weighted by Crippen LogP contribution is -2.23. The number of hydrogen-bond donors (Lipinski definition) is 2. The fraction of sp³-hybridized carbons (Fsp3) is 0.188. The summed E-state index contributed by atoms with van der Waals surface area (Å²) in [6.45, 7) is 2.49. The topological polar surface area (TPSA) is 68.3 Å². The highest BCUT2D eigenvalue weighted by Gasteiger charge is 2.11. The van der Waals surface area contributed by atoms with Gasteiger partial charge in [-0.2, -0.15) is 0 Å². The Bertz CT molecular complexity index is 662. The molecule has 4 heteroatoms. The summed E-state index contributed by atoms with van der Waals surface area (Å²) in [5.74, 6) is 6.27. The summed E-state index contributed by atoms with van der Waals surface area (Å²) >= 11 is 0. The van der Waals surface area contributed by atoms with Crippen LogP contribution in [-0.2, 0) is 6.54 Å². The van der Waals surface area contributed by atoms with Crippen LogP contribution in [0.2, 0.25) is 0 Å². The van der Waals surface area contributed by atoms with E-state index in [-0.39, 0.29) is 5.91 Å². The highest BCUT2D eigenvalue weighted by molar-refractivity contribution is 5.95. The molecule has 3 N–H and O–H groups in total. The number of carbonyl (C=O) groups excluding carboxylic acids is 1. The summed E-state index contributed by atoms with van der Waals surface area (Å²) in [5.41, 5.74) is 7.77. The highest BCUT2D eigenvalue weighted by Crippen LogP contribution is 2.10. The Morgan fingerprint density at radius 1 is 1.35 bits per heavy atom. The lowest BCUT2D eigenvalue weighted by Gasteiger charge is -2.06. The summed E-state index contributed by atoms with van der Waals surface area (Å²) in [4.78, 5) is 12.0. The van der Waals surface area contributed by atoms with Gasteiger partial charge in [-0.1, -0.05) is 30.0 Å². The van der Waals surface area contributed by atoms with Crippen LogP contribution in [0.4, 0.5) is 0 Å². The van der Waals surface area contributed by atoms with Gasteiger partial charge in [-0.25, -0.2) is 0 Å². The van der Waals surface area contributed by atoms with Crippen molar-refractivity contribution in [2.24, 2.45) is 5.73 Å². The monoisotopic (exact) mass is 268 g/mol. The zero-order valence-electron chi connectivity index (χ0n) is 11.3. The third-order valence-electron chi connectivity index (χ3n) is 2.89. The first-order chi connectivity index (χ1) is 9.72. The molecule has 4 nitrogen and oxygen atoms in total. The number of benzene rings is 1. The number of furan rings is 1. The third kappa shape index (κ3) is 3.28. The summed E-state index contributed by atoms with van der Waals surface area (Å²) < 4.78 is 5.12. The average Bonchev–Trinajstić information content (AvgIpc) is 2.89. The standard InChI is InChI=1S/C16H16N2O2/c1-12-15(8-10-20-12)16(19)18-11-14-6-3-2-5-13(14)7-4-9-17/h2-3,5-6,8,10H,9,11,17H2,1H3,(H,18,19). The minimum absolute atomic E-state index is 0.155. The number of nitrogens with two attached hydrogens (primary N) is 1. The molecule has 0 spiro atoms. The molecule has 0 fully saturated rings. The van der Waals surface area contributed by atoms with E-state index in [1.54, 1.807) is 13.0 Å². The molecule has 1 heterocycles. The molecule has 0 radical (unpaired) electrons. The lowest BCUT2D eigenvalue weighted by molar-refractivity contribution is 0.0949. The van der Waals surface area contributed by atoms with Gasteiger partial charge in [0.05, 0.1) is 18.4 Å². The zero-order chi connectivity index (χ0) is 14.4. The van der Waals surface area contributed by atoms with Crippen molar-refractivity contribution in [1.82, 2.24) is 5.32 Å². The van der Waals surface area contributed by atoms with Crippen LogP contribution in [-0.4, -0.2) is 12.5 Å². The van der Waals surface area contributed by atoms with Crippen LogP contribution in [0, 0.1) is 18.8 Å². The molecule has 0 aliphatic rings. The number of hydrogen-bond acceptors (Lipinski definition) is 3. The van der Waals surface area contributed by atoms with Gasteiger partial charge in [0, 0.05) is 12.1 Å². The van der Waals surface area contributed by atoms with E-state index in [0.717, 1.165) is 11.1 Å². The molecule has 0 saturated carbocycles. The van der Waals surface area contributed by atoms with Crippen molar-refractivity contribution in [3.05, 3.63) is 59.0 Å². The number of amides is 1. The average molecular weight is 268 g/mol. The number of nitrogens with one attached hydrogen (secondary N) is 1. The first-order valence-electron chi connectivity index (χ1n) is 6.31. The van der Waals surface area contributed by atoms with Crippen LogP contribution in [0.3, 0.4) is 0 Å². The molecule has 2 aromatic rings. The van der Waals surface area contributed by atoms with Gasteiger partial charge in [-0.3, -0.25) is 4.79 Å². The number of carbonyl (C=O) groups is 1. The first-order valence-corrected chi connectivity index (χ1v) is 6.31. The van der Waals surface area contributed by atoms with Crippen LogP contribution >= 0.6 is 0 Å². The second-order valence-corrected chi connectivity index (χ2v) is 4.24. The second kappa shape index (κ2) is 6.60.